The van der Waals surface area contributed by atoms with Gasteiger partial charge in [0.15, 0.2) is 10.8 Å². The highest BCUT2D eigenvalue weighted by Gasteiger charge is 2.14. The Morgan fingerprint density at radius 3 is 2.67 bits per heavy atom. The minimum atomic E-state index is -0.556. The molecule has 1 amide bonds. The average molecular weight is 428 g/mol. The summed E-state index contributed by atoms with van der Waals surface area (Å²) in [6.45, 7) is 1.88. The Bertz CT molecular complexity index is 1370. The Morgan fingerprint density at radius 1 is 1.20 bits per heavy atom. The van der Waals surface area contributed by atoms with Gasteiger partial charge in [0.2, 0.25) is 5.91 Å². The molecule has 30 heavy (non-hydrogen) atoms. The minimum absolute atomic E-state index is 0.107. The second kappa shape index (κ2) is 7.67. The van der Waals surface area contributed by atoms with Crippen molar-refractivity contribution in [3.8, 4) is 11.3 Å². The summed E-state index contributed by atoms with van der Waals surface area (Å²) in [6, 6.07) is 6.00. The predicted octanol–water partition coefficient (Wildman–Crippen LogP) is 2.09. The van der Waals surface area contributed by atoms with Crippen molar-refractivity contribution in [1.82, 2.24) is 24.5 Å². The van der Waals surface area contributed by atoms with E-state index in [0.717, 1.165) is 10.4 Å². The Morgan fingerprint density at radius 2 is 1.93 bits per heavy atom. The molecule has 0 saturated carbocycles. The van der Waals surface area contributed by atoms with E-state index in [-0.39, 0.29) is 35.7 Å². The maximum absolute atomic E-state index is 13.1. The number of amides is 1. The number of hydrogen-bond donors (Lipinski definition) is 3. The molecular formula is C19H17FN6O3S. The summed E-state index contributed by atoms with van der Waals surface area (Å²) in [5.41, 5.74) is 0.768. The smallest absolute Gasteiger partial charge is 0.329 e. The van der Waals surface area contributed by atoms with E-state index in [4.69, 9.17) is 0 Å². The molecule has 4 rings (SSSR count). The normalized spacial score (nSPS) is 11.2. The van der Waals surface area contributed by atoms with Gasteiger partial charge in [0.05, 0.1) is 5.69 Å². The number of carbonyl (C=O) groups excluding carboxylic acids is 1. The number of hydrogen-bond acceptors (Lipinski definition) is 6. The second-order valence-corrected chi connectivity index (χ2v) is 7.88. The summed E-state index contributed by atoms with van der Waals surface area (Å²) in [4.78, 5) is 50.5. The van der Waals surface area contributed by atoms with Crippen LogP contribution in [-0.4, -0.2) is 30.4 Å². The number of rotatable bonds is 5. The molecule has 0 aliphatic rings. The van der Waals surface area contributed by atoms with Crippen LogP contribution in [0.3, 0.4) is 0 Å². The lowest BCUT2D eigenvalue weighted by molar-refractivity contribution is -0.116. The third-order valence-electron chi connectivity index (χ3n) is 4.55. The van der Waals surface area contributed by atoms with Crippen molar-refractivity contribution in [3.63, 3.8) is 0 Å². The van der Waals surface area contributed by atoms with Crippen LogP contribution in [0.15, 0.2) is 33.9 Å². The number of aryl methyl sites for hydroxylation is 3. The number of nitrogens with zero attached hydrogens (tertiary/aromatic N) is 3. The molecule has 0 spiro atoms. The van der Waals surface area contributed by atoms with Crippen LogP contribution in [0, 0.1) is 12.7 Å². The van der Waals surface area contributed by atoms with E-state index in [1.54, 1.807) is 12.1 Å². The summed E-state index contributed by atoms with van der Waals surface area (Å²) in [5.74, 6) is -0.167. The largest absolute Gasteiger partial charge is 0.336 e. The maximum Gasteiger partial charge on any atom is 0.329 e. The fourth-order valence-corrected chi connectivity index (χ4v) is 3.86. The van der Waals surface area contributed by atoms with Gasteiger partial charge in [-0.1, -0.05) is 0 Å². The average Bonchev–Trinajstić information content (AvgIpc) is 3.29. The van der Waals surface area contributed by atoms with E-state index in [1.807, 2.05) is 6.92 Å². The standard InChI is InChI=1S/C19H17FN6O3S/c1-9-14(10-3-5-11(20)6-4-10)24-18(30-9)23-13(27)8-7-12-21-15-16(22-12)26(2)19(29)25-17(15)28/h3-6H,7-8H2,1-2H3,(H,21,22)(H,23,24,27)(H,25,28,29). The van der Waals surface area contributed by atoms with Crippen LogP contribution in [0.25, 0.3) is 22.4 Å². The minimum Gasteiger partial charge on any atom is -0.336 e. The van der Waals surface area contributed by atoms with Gasteiger partial charge in [-0.05, 0) is 31.2 Å². The molecule has 0 aliphatic carbocycles. The van der Waals surface area contributed by atoms with Crippen molar-refractivity contribution in [1.29, 1.82) is 0 Å². The molecule has 0 unspecified atom stereocenters. The summed E-state index contributed by atoms with van der Waals surface area (Å²) in [5, 5.41) is 3.19. The third kappa shape index (κ3) is 3.79. The van der Waals surface area contributed by atoms with Gasteiger partial charge in [0.1, 0.15) is 17.2 Å². The molecule has 0 atom stereocenters. The number of nitrogens with one attached hydrogen (secondary N) is 3. The van der Waals surface area contributed by atoms with Gasteiger partial charge >= 0.3 is 5.69 Å². The number of fused-ring (bicyclic) bond motifs is 1. The fraction of sp³-hybridized carbons (Fsp3) is 0.211. The second-order valence-electron chi connectivity index (χ2n) is 6.68. The lowest BCUT2D eigenvalue weighted by Gasteiger charge is -2.00. The van der Waals surface area contributed by atoms with Crippen molar-refractivity contribution < 1.29 is 9.18 Å². The number of imidazole rings is 1. The molecule has 0 aliphatic heterocycles. The molecule has 3 heterocycles. The molecule has 3 aromatic heterocycles. The summed E-state index contributed by atoms with van der Waals surface area (Å²) in [7, 11) is 1.50. The zero-order valence-electron chi connectivity index (χ0n) is 16.1. The van der Waals surface area contributed by atoms with Crippen LogP contribution in [0.1, 0.15) is 17.1 Å². The summed E-state index contributed by atoms with van der Waals surface area (Å²) < 4.78 is 14.3. The first kappa shape index (κ1) is 19.7. The molecule has 11 heteroatoms. The Balaban J connectivity index is 1.45. The van der Waals surface area contributed by atoms with Crippen molar-refractivity contribution >= 4 is 33.5 Å². The molecule has 154 valence electrons. The Hall–Kier alpha value is -3.60. The zero-order valence-corrected chi connectivity index (χ0v) is 16.9. The number of H-pyrrole nitrogens is 2. The van der Waals surface area contributed by atoms with E-state index in [9.17, 15) is 18.8 Å². The highest BCUT2D eigenvalue weighted by molar-refractivity contribution is 7.16. The lowest BCUT2D eigenvalue weighted by atomic mass is 10.1. The van der Waals surface area contributed by atoms with E-state index in [0.29, 0.717) is 16.6 Å². The molecule has 0 fully saturated rings. The van der Waals surface area contributed by atoms with Gasteiger partial charge in [-0.15, -0.1) is 11.3 Å². The first-order chi connectivity index (χ1) is 14.3. The van der Waals surface area contributed by atoms with Crippen LogP contribution in [-0.2, 0) is 18.3 Å². The monoisotopic (exact) mass is 428 g/mol. The highest BCUT2D eigenvalue weighted by atomic mass is 32.1. The van der Waals surface area contributed by atoms with Gasteiger partial charge in [-0.3, -0.25) is 19.1 Å². The molecule has 0 radical (unpaired) electrons. The lowest BCUT2D eigenvalue weighted by Crippen LogP contribution is -2.28. The number of aromatic amines is 2. The number of aromatic nitrogens is 5. The van der Waals surface area contributed by atoms with E-state index in [1.165, 1.54) is 35.1 Å². The van der Waals surface area contributed by atoms with Crippen LogP contribution >= 0.6 is 11.3 Å². The topological polar surface area (TPSA) is 126 Å². The number of carbonyl (C=O) groups is 1. The van der Waals surface area contributed by atoms with Crippen molar-refractivity contribution in [2.24, 2.45) is 7.05 Å². The number of thiazole rings is 1. The summed E-state index contributed by atoms with van der Waals surface area (Å²) in [6.07, 6.45) is 0.361. The van der Waals surface area contributed by atoms with E-state index in [2.05, 4.69) is 25.3 Å². The van der Waals surface area contributed by atoms with Gasteiger partial charge in [-0.2, -0.15) is 0 Å². The van der Waals surface area contributed by atoms with Crippen LogP contribution < -0.4 is 16.6 Å². The van der Waals surface area contributed by atoms with E-state index >= 15 is 0 Å². The van der Waals surface area contributed by atoms with Crippen molar-refractivity contribution in [2.45, 2.75) is 19.8 Å². The van der Waals surface area contributed by atoms with Gasteiger partial charge in [0.25, 0.3) is 5.56 Å². The first-order valence-corrected chi connectivity index (χ1v) is 9.84. The molecule has 1 aromatic carbocycles. The Kier molecular flexibility index (Phi) is 5.04. The SMILES string of the molecule is Cc1sc(NC(=O)CCc2nc3c([nH]2)c(=O)[nH]c(=O)n3C)nc1-c1ccc(F)cc1. The molecule has 3 N–H and O–H groups in total. The molecule has 9 nitrogen and oxygen atoms in total. The van der Waals surface area contributed by atoms with E-state index < -0.39 is 11.2 Å². The zero-order chi connectivity index (χ0) is 21.4. The highest BCUT2D eigenvalue weighted by Crippen LogP contribution is 2.30. The maximum atomic E-state index is 13.1. The number of benzene rings is 1. The molecule has 0 bridgehead atoms. The van der Waals surface area contributed by atoms with Gasteiger partial charge in [-0.25, -0.2) is 19.2 Å². The third-order valence-corrected chi connectivity index (χ3v) is 5.44. The van der Waals surface area contributed by atoms with Crippen molar-refractivity contribution in [3.05, 3.63) is 61.6 Å². The molecule has 4 aromatic rings. The molecule has 0 saturated heterocycles. The predicted molar refractivity (Wildman–Crippen MR) is 111 cm³/mol. The number of anilines is 1. The van der Waals surface area contributed by atoms with Gasteiger partial charge in [0, 0.05) is 30.3 Å². The number of halogens is 1. The summed E-state index contributed by atoms with van der Waals surface area (Å²) >= 11 is 1.33. The quantitative estimate of drug-likeness (QED) is 0.449. The van der Waals surface area contributed by atoms with Crippen molar-refractivity contribution in [2.75, 3.05) is 5.32 Å². The Labute approximate surface area is 172 Å². The van der Waals surface area contributed by atoms with Crippen LogP contribution in [0.2, 0.25) is 0 Å². The first-order valence-electron chi connectivity index (χ1n) is 9.03. The van der Waals surface area contributed by atoms with Gasteiger partial charge < -0.3 is 10.3 Å². The van der Waals surface area contributed by atoms with Crippen LogP contribution in [0.5, 0.6) is 0 Å². The van der Waals surface area contributed by atoms with Crippen LogP contribution in [0.4, 0.5) is 9.52 Å². The fourth-order valence-electron chi connectivity index (χ4n) is 3.01. The molecular weight excluding hydrogens is 411 g/mol.